The molecule has 3 aromatic heterocycles. The van der Waals surface area contributed by atoms with Crippen LogP contribution >= 0.6 is 12.4 Å². The highest BCUT2D eigenvalue weighted by Crippen LogP contribution is 2.33. The molecule has 0 saturated heterocycles. The molecule has 4 rings (SSSR count). The van der Waals surface area contributed by atoms with E-state index in [-0.39, 0.29) is 12.4 Å². The Kier molecular flexibility index (Phi) is 6.41. The normalized spacial score (nSPS) is 12.6. The number of fused-ring (bicyclic) bond motifs is 1. The van der Waals surface area contributed by atoms with Gasteiger partial charge < -0.3 is 9.64 Å². The maximum atomic E-state index is 5.97. The predicted octanol–water partition coefficient (Wildman–Crippen LogP) is 3.88. The van der Waals surface area contributed by atoms with Gasteiger partial charge in [0.25, 0.3) is 0 Å². The standard InChI is InChI=1S/C21H23N5O.ClH/c1-26(2)20-13-22-12-19(24-20)17-11-21(25-18-9-4-3-8-16(17)18)27-14-15-7-5-6-10-23-15;/h5-7,10-13H,3-4,8-9,14H2,1-2H3;1H. The molecule has 6 nitrogen and oxygen atoms in total. The minimum absolute atomic E-state index is 0. The van der Waals surface area contributed by atoms with Gasteiger partial charge in [0, 0.05) is 37.6 Å². The summed E-state index contributed by atoms with van der Waals surface area (Å²) < 4.78 is 5.97. The van der Waals surface area contributed by atoms with Crippen molar-refractivity contribution in [3.05, 3.63) is 59.8 Å². The van der Waals surface area contributed by atoms with E-state index in [1.54, 1.807) is 12.4 Å². The molecule has 0 aromatic carbocycles. The van der Waals surface area contributed by atoms with Crippen LogP contribution in [0.15, 0.2) is 42.9 Å². The van der Waals surface area contributed by atoms with Crippen LogP contribution in [0.1, 0.15) is 29.8 Å². The number of hydrogen-bond acceptors (Lipinski definition) is 6. The highest BCUT2D eigenvalue weighted by molar-refractivity contribution is 5.85. The Morgan fingerprint density at radius 1 is 1.07 bits per heavy atom. The van der Waals surface area contributed by atoms with Crippen LogP contribution in [0.5, 0.6) is 5.88 Å². The van der Waals surface area contributed by atoms with Crippen molar-refractivity contribution in [2.45, 2.75) is 32.3 Å². The maximum absolute atomic E-state index is 5.97. The van der Waals surface area contributed by atoms with Crippen LogP contribution in [0.3, 0.4) is 0 Å². The van der Waals surface area contributed by atoms with E-state index in [9.17, 15) is 0 Å². The van der Waals surface area contributed by atoms with Crippen molar-refractivity contribution in [3.63, 3.8) is 0 Å². The Labute approximate surface area is 171 Å². The zero-order chi connectivity index (χ0) is 18.6. The van der Waals surface area contributed by atoms with Gasteiger partial charge in [0.15, 0.2) is 0 Å². The third kappa shape index (κ3) is 4.39. The van der Waals surface area contributed by atoms with Crippen LogP contribution in [0, 0.1) is 0 Å². The lowest BCUT2D eigenvalue weighted by Crippen LogP contribution is -2.13. The summed E-state index contributed by atoms with van der Waals surface area (Å²) in [4.78, 5) is 20.2. The summed E-state index contributed by atoms with van der Waals surface area (Å²) in [7, 11) is 3.94. The highest BCUT2D eigenvalue weighted by Gasteiger charge is 2.19. The first-order valence-electron chi connectivity index (χ1n) is 9.26. The predicted molar refractivity (Wildman–Crippen MR) is 112 cm³/mol. The second-order valence-corrected chi connectivity index (χ2v) is 6.91. The van der Waals surface area contributed by atoms with Gasteiger partial charge in [-0.05, 0) is 43.4 Å². The number of halogens is 1. The molecule has 3 heterocycles. The van der Waals surface area contributed by atoms with Crippen LogP contribution in [-0.2, 0) is 19.4 Å². The molecule has 28 heavy (non-hydrogen) atoms. The lowest BCUT2D eigenvalue weighted by molar-refractivity contribution is 0.288. The van der Waals surface area contributed by atoms with Crippen LogP contribution in [0.4, 0.5) is 5.82 Å². The number of nitrogens with zero attached hydrogens (tertiary/aromatic N) is 5. The molecule has 0 bridgehead atoms. The molecule has 3 aromatic rings. The average Bonchev–Trinajstić information content (AvgIpc) is 2.72. The zero-order valence-corrected chi connectivity index (χ0v) is 16.9. The highest BCUT2D eigenvalue weighted by atomic mass is 35.5. The molecular formula is C21H24ClN5O. The van der Waals surface area contributed by atoms with E-state index in [1.807, 2.05) is 49.5 Å². The molecule has 0 spiro atoms. The quantitative estimate of drug-likeness (QED) is 0.651. The van der Waals surface area contributed by atoms with Crippen molar-refractivity contribution < 1.29 is 4.74 Å². The van der Waals surface area contributed by atoms with Crippen molar-refractivity contribution in [2.75, 3.05) is 19.0 Å². The minimum atomic E-state index is 0. The molecule has 0 atom stereocenters. The van der Waals surface area contributed by atoms with E-state index in [4.69, 9.17) is 14.7 Å². The van der Waals surface area contributed by atoms with Gasteiger partial charge >= 0.3 is 0 Å². The third-order valence-electron chi connectivity index (χ3n) is 4.73. The van der Waals surface area contributed by atoms with Crippen LogP contribution in [0.2, 0.25) is 0 Å². The first-order valence-corrected chi connectivity index (χ1v) is 9.26. The van der Waals surface area contributed by atoms with E-state index >= 15 is 0 Å². The molecule has 0 N–H and O–H groups in total. The Balaban J connectivity index is 0.00000225. The van der Waals surface area contributed by atoms with E-state index < -0.39 is 0 Å². The monoisotopic (exact) mass is 397 g/mol. The second-order valence-electron chi connectivity index (χ2n) is 6.91. The van der Waals surface area contributed by atoms with Gasteiger partial charge in [0.2, 0.25) is 5.88 Å². The molecule has 0 fully saturated rings. The number of ether oxygens (including phenoxy) is 1. The molecule has 146 valence electrons. The van der Waals surface area contributed by atoms with Crippen molar-refractivity contribution in [2.24, 2.45) is 0 Å². The molecule has 7 heteroatoms. The number of hydrogen-bond donors (Lipinski definition) is 0. The molecule has 1 aliphatic carbocycles. The summed E-state index contributed by atoms with van der Waals surface area (Å²) in [5.41, 5.74) is 5.22. The summed E-state index contributed by atoms with van der Waals surface area (Å²) >= 11 is 0. The molecule has 0 amide bonds. The van der Waals surface area contributed by atoms with Gasteiger partial charge in [0.05, 0.1) is 23.8 Å². The van der Waals surface area contributed by atoms with E-state index in [1.165, 1.54) is 12.0 Å². The van der Waals surface area contributed by atoms with Crippen molar-refractivity contribution in [1.82, 2.24) is 19.9 Å². The van der Waals surface area contributed by atoms with Gasteiger partial charge in [-0.15, -0.1) is 12.4 Å². The molecule has 0 saturated carbocycles. The summed E-state index contributed by atoms with van der Waals surface area (Å²) in [5.74, 6) is 1.46. The van der Waals surface area contributed by atoms with Gasteiger partial charge in [-0.25, -0.2) is 9.97 Å². The van der Waals surface area contributed by atoms with Crippen molar-refractivity contribution in [3.8, 4) is 17.1 Å². The van der Waals surface area contributed by atoms with E-state index in [0.717, 1.165) is 47.7 Å². The maximum Gasteiger partial charge on any atom is 0.214 e. The summed E-state index contributed by atoms with van der Waals surface area (Å²) in [6.45, 7) is 0.398. The Morgan fingerprint density at radius 3 is 2.71 bits per heavy atom. The SMILES string of the molecule is CN(C)c1cncc(-c2cc(OCc3ccccn3)nc3c2CCCC3)n1.Cl. The topological polar surface area (TPSA) is 64.0 Å². The first-order chi connectivity index (χ1) is 13.2. The van der Waals surface area contributed by atoms with Crippen LogP contribution in [-0.4, -0.2) is 34.0 Å². The Morgan fingerprint density at radius 2 is 1.93 bits per heavy atom. The Hall–Kier alpha value is -2.73. The summed E-state index contributed by atoms with van der Waals surface area (Å²) in [6, 6.07) is 7.80. The van der Waals surface area contributed by atoms with Crippen LogP contribution < -0.4 is 9.64 Å². The van der Waals surface area contributed by atoms with E-state index in [2.05, 4.69) is 9.97 Å². The fourth-order valence-corrected chi connectivity index (χ4v) is 3.31. The Bertz CT molecular complexity index is 933. The fraction of sp³-hybridized carbons (Fsp3) is 0.333. The molecular weight excluding hydrogens is 374 g/mol. The van der Waals surface area contributed by atoms with Gasteiger partial charge in [0.1, 0.15) is 12.4 Å². The second kappa shape index (κ2) is 8.97. The van der Waals surface area contributed by atoms with E-state index in [0.29, 0.717) is 12.5 Å². The number of aryl methyl sites for hydroxylation is 1. The summed E-state index contributed by atoms with van der Waals surface area (Å²) in [6.07, 6.45) is 9.70. The van der Waals surface area contributed by atoms with Gasteiger partial charge in [-0.1, -0.05) is 6.07 Å². The van der Waals surface area contributed by atoms with Gasteiger partial charge in [-0.2, -0.15) is 0 Å². The molecule has 1 aliphatic rings. The number of rotatable bonds is 5. The van der Waals surface area contributed by atoms with Crippen molar-refractivity contribution >= 4 is 18.2 Å². The fourth-order valence-electron chi connectivity index (χ4n) is 3.31. The lowest BCUT2D eigenvalue weighted by atomic mass is 9.91. The largest absolute Gasteiger partial charge is 0.471 e. The number of anilines is 1. The van der Waals surface area contributed by atoms with Gasteiger partial charge in [-0.3, -0.25) is 9.97 Å². The smallest absolute Gasteiger partial charge is 0.214 e. The first kappa shape index (κ1) is 20.0. The third-order valence-corrected chi connectivity index (χ3v) is 4.73. The van der Waals surface area contributed by atoms with Crippen molar-refractivity contribution in [1.29, 1.82) is 0 Å². The van der Waals surface area contributed by atoms with Crippen LogP contribution in [0.25, 0.3) is 11.3 Å². The lowest BCUT2D eigenvalue weighted by Gasteiger charge is -2.20. The summed E-state index contributed by atoms with van der Waals surface area (Å²) in [5, 5.41) is 0. The number of pyridine rings is 2. The molecule has 0 radical (unpaired) electrons. The minimum Gasteiger partial charge on any atom is -0.471 e. The number of aromatic nitrogens is 4. The molecule has 0 aliphatic heterocycles. The molecule has 0 unspecified atom stereocenters. The zero-order valence-electron chi connectivity index (χ0n) is 16.1. The average molecular weight is 398 g/mol.